The van der Waals surface area contributed by atoms with Gasteiger partial charge < -0.3 is 31.0 Å². The quantitative estimate of drug-likeness (QED) is 0.100. The van der Waals surface area contributed by atoms with Crippen LogP contribution in [0, 0.1) is 0 Å². The van der Waals surface area contributed by atoms with Gasteiger partial charge in [0.1, 0.15) is 0 Å². The highest BCUT2D eigenvalue weighted by atomic mass is 35.5. The number of nitrogens with zero attached hydrogens (tertiary/aromatic N) is 1. The zero-order chi connectivity index (χ0) is 33.9. The minimum atomic E-state index is 0.105. The Morgan fingerprint density at radius 3 is 2.06 bits per heavy atom. The first-order valence-electron chi connectivity index (χ1n) is 16.6. The number of fused-ring (bicyclic) bond motifs is 1. The number of pyridine rings is 1. The Bertz CT molecular complexity index is 2030. The van der Waals surface area contributed by atoms with E-state index in [1.165, 1.54) is 0 Å². The highest BCUT2D eigenvalue weighted by Crippen LogP contribution is 2.42. The molecular formula is C38H38Cl2N6O3. The predicted molar refractivity (Wildman–Crippen MR) is 195 cm³/mol. The molecule has 5 N–H and O–H groups in total. The van der Waals surface area contributed by atoms with Gasteiger partial charge in [-0.25, -0.2) is 4.98 Å². The van der Waals surface area contributed by atoms with Crippen molar-refractivity contribution in [3.63, 3.8) is 0 Å². The molecule has 4 heterocycles. The van der Waals surface area contributed by atoms with E-state index < -0.39 is 0 Å². The van der Waals surface area contributed by atoms with Crippen LogP contribution in [0.4, 0.5) is 0 Å². The summed E-state index contributed by atoms with van der Waals surface area (Å²) in [6, 6.07) is 24.6. The molecule has 252 valence electrons. The summed E-state index contributed by atoms with van der Waals surface area (Å²) >= 11 is 14.3. The Morgan fingerprint density at radius 2 is 1.41 bits per heavy atom. The van der Waals surface area contributed by atoms with Crippen molar-refractivity contribution in [3.8, 4) is 39.4 Å². The molecule has 2 aliphatic heterocycles. The number of aromatic amines is 1. The van der Waals surface area contributed by atoms with Crippen LogP contribution < -0.4 is 26.0 Å². The molecule has 2 fully saturated rings. The van der Waals surface area contributed by atoms with E-state index in [0.717, 1.165) is 69.4 Å². The van der Waals surface area contributed by atoms with Crippen LogP contribution in [-0.2, 0) is 22.7 Å². The number of methoxy groups -OCH3 is 1. The fourth-order valence-electron chi connectivity index (χ4n) is 6.71. The average Bonchev–Trinajstić information content (AvgIpc) is 3.84. The standard InChI is InChI=1S/C38H38Cl2N6O3/c1-49-38-23(18-41-19-25-10-14-34(47)44-25)9-13-33(46-38)31-7-3-6-30(37(31)40)29-5-2-4-28(36(29)39)22-8-12-32-24(16-22)17-27(43-32)21-42-20-26-11-15-35(48)45-26/h2-9,12-13,16-17,25-26,41-43H,10-11,14-15,18-21H2,1H3,(H,44,47)(H,45,48)/t25-,26+/m1/s1. The van der Waals surface area contributed by atoms with Crippen LogP contribution in [0.25, 0.3) is 44.4 Å². The summed E-state index contributed by atoms with van der Waals surface area (Å²) in [5.41, 5.74) is 8.07. The average molecular weight is 698 g/mol. The number of amides is 2. The van der Waals surface area contributed by atoms with Crippen molar-refractivity contribution in [3.05, 3.63) is 94.1 Å². The number of rotatable bonds is 12. The fourth-order valence-corrected chi connectivity index (χ4v) is 7.37. The Labute approximate surface area is 295 Å². The second-order valence-electron chi connectivity index (χ2n) is 12.7. The van der Waals surface area contributed by atoms with Crippen molar-refractivity contribution in [1.29, 1.82) is 0 Å². The lowest BCUT2D eigenvalue weighted by Gasteiger charge is -2.16. The molecular weight excluding hydrogens is 659 g/mol. The monoisotopic (exact) mass is 696 g/mol. The minimum Gasteiger partial charge on any atom is -0.481 e. The van der Waals surface area contributed by atoms with Gasteiger partial charge in [-0.05, 0) is 42.7 Å². The zero-order valence-electron chi connectivity index (χ0n) is 27.2. The van der Waals surface area contributed by atoms with Gasteiger partial charge in [-0.3, -0.25) is 9.59 Å². The number of carbonyl (C=O) groups excluding carboxylic acids is 2. The second-order valence-corrected chi connectivity index (χ2v) is 13.4. The first-order valence-corrected chi connectivity index (χ1v) is 17.4. The lowest BCUT2D eigenvalue weighted by Crippen LogP contribution is -2.35. The van der Waals surface area contributed by atoms with Gasteiger partial charge in [0, 0.05) is 95.5 Å². The van der Waals surface area contributed by atoms with Gasteiger partial charge in [0.25, 0.3) is 0 Å². The zero-order valence-corrected chi connectivity index (χ0v) is 28.7. The van der Waals surface area contributed by atoms with E-state index in [-0.39, 0.29) is 23.9 Å². The van der Waals surface area contributed by atoms with E-state index in [4.69, 9.17) is 32.9 Å². The number of H-pyrrole nitrogens is 1. The molecule has 9 nitrogen and oxygen atoms in total. The summed E-state index contributed by atoms with van der Waals surface area (Å²) in [5, 5.41) is 15.1. The Kier molecular flexibility index (Phi) is 9.86. The third-order valence-corrected chi connectivity index (χ3v) is 10.1. The molecule has 5 aromatic rings. The molecule has 2 aromatic heterocycles. The van der Waals surface area contributed by atoms with Crippen molar-refractivity contribution in [1.82, 2.24) is 31.2 Å². The molecule has 11 heteroatoms. The first kappa shape index (κ1) is 33.1. The molecule has 0 bridgehead atoms. The van der Waals surface area contributed by atoms with Gasteiger partial charge in [-0.2, -0.15) is 0 Å². The van der Waals surface area contributed by atoms with E-state index in [1.54, 1.807) is 7.11 Å². The van der Waals surface area contributed by atoms with Crippen molar-refractivity contribution in [2.24, 2.45) is 0 Å². The van der Waals surface area contributed by atoms with E-state index >= 15 is 0 Å². The molecule has 49 heavy (non-hydrogen) atoms. The maximum atomic E-state index is 11.5. The third kappa shape index (κ3) is 7.31. The molecule has 0 aliphatic carbocycles. The number of nitrogens with one attached hydrogen (secondary N) is 5. The lowest BCUT2D eigenvalue weighted by atomic mass is 9.96. The van der Waals surface area contributed by atoms with Crippen LogP contribution in [0.5, 0.6) is 5.88 Å². The topological polar surface area (TPSA) is 120 Å². The number of benzene rings is 3. The summed E-state index contributed by atoms with van der Waals surface area (Å²) in [7, 11) is 1.61. The summed E-state index contributed by atoms with van der Waals surface area (Å²) in [6.07, 6.45) is 2.90. The van der Waals surface area contributed by atoms with Crippen molar-refractivity contribution in [2.75, 3.05) is 20.2 Å². The Hall–Kier alpha value is -4.41. The number of hydrogen-bond donors (Lipinski definition) is 5. The predicted octanol–water partition coefficient (Wildman–Crippen LogP) is 6.62. The summed E-state index contributed by atoms with van der Waals surface area (Å²) in [4.78, 5) is 31.3. The molecule has 2 aliphatic rings. The van der Waals surface area contributed by atoms with Gasteiger partial charge in [0.05, 0.1) is 22.8 Å². The molecule has 0 saturated carbocycles. The van der Waals surface area contributed by atoms with Crippen molar-refractivity contribution in [2.45, 2.75) is 50.9 Å². The molecule has 2 amide bonds. The molecule has 0 spiro atoms. The van der Waals surface area contributed by atoms with Crippen LogP contribution in [-0.4, -0.2) is 54.1 Å². The number of aromatic nitrogens is 2. The molecule has 7 rings (SSSR count). The minimum absolute atomic E-state index is 0.105. The fraction of sp³-hybridized carbons (Fsp3) is 0.289. The van der Waals surface area contributed by atoms with Gasteiger partial charge in [0.2, 0.25) is 17.7 Å². The number of halogens is 2. The molecule has 0 radical (unpaired) electrons. The Balaban J connectivity index is 1.09. The second kappa shape index (κ2) is 14.6. The number of carbonyl (C=O) groups is 2. The van der Waals surface area contributed by atoms with Gasteiger partial charge >= 0.3 is 0 Å². The molecule has 2 saturated heterocycles. The normalized spacial score (nSPS) is 17.4. The summed E-state index contributed by atoms with van der Waals surface area (Å²) in [5.74, 6) is 0.750. The SMILES string of the molecule is COc1nc(-c2cccc(-c3cccc(-c4ccc5[nH]c(CNC[C@@H]6CCC(=O)N6)cc5c4)c3Cl)c2Cl)ccc1CNC[C@H]1CCC(=O)N1. The van der Waals surface area contributed by atoms with Crippen molar-refractivity contribution < 1.29 is 14.3 Å². The highest BCUT2D eigenvalue weighted by molar-refractivity contribution is 6.39. The molecule has 2 atom stereocenters. The van der Waals surface area contributed by atoms with Crippen molar-refractivity contribution >= 4 is 45.9 Å². The summed E-state index contributed by atoms with van der Waals surface area (Å²) < 4.78 is 5.66. The van der Waals surface area contributed by atoms with Crippen LogP contribution in [0.15, 0.2) is 72.8 Å². The van der Waals surface area contributed by atoms with Crippen LogP contribution >= 0.6 is 23.2 Å². The maximum absolute atomic E-state index is 11.5. The molecule has 3 aromatic carbocycles. The number of ether oxygens (including phenoxy) is 1. The van der Waals surface area contributed by atoms with Gasteiger partial charge in [-0.15, -0.1) is 0 Å². The van der Waals surface area contributed by atoms with Crippen LogP contribution in [0.2, 0.25) is 10.0 Å². The number of hydrogen-bond acceptors (Lipinski definition) is 6. The Morgan fingerprint density at radius 1 is 0.776 bits per heavy atom. The lowest BCUT2D eigenvalue weighted by molar-refractivity contribution is -0.120. The largest absolute Gasteiger partial charge is 0.481 e. The van der Waals surface area contributed by atoms with Gasteiger partial charge in [0.15, 0.2) is 0 Å². The third-order valence-electron chi connectivity index (χ3n) is 9.27. The maximum Gasteiger partial charge on any atom is 0.220 e. The van der Waals surface area contributed by atoms with Gasteiger partial charge in [-0.1, -0.05) is 71.7 Å². The van der Waals surface area contributed by atoms with E-state index in [0.29, 0.717) is 54.1 Å². The smallest absolute Gasteiger partial charge is 0.220 e. The first-order chi connectivity index (χ1) is 23.9. The van der Waals surface area contributed by atoms with E-state index in [2.05, 4.69) is 50.5 Å². The van der Waals surface area contributed by atoms with Crippen LogP contribution in [0.3, 0.4) is 0 Å². The molecule has 0 unspecified atom stereocenters. The summed E-state index contributed by atoms with van der Waals surface area (Å²) in [6.45, 7) is 2.68. The van der Waals surface area contributed by atoms with E-state index in [9.17, 15) is 9.59 Å². The van der Waals surface area contributed by atoms with Crippen LogP contribution in [0.1, 0.15) is 36.9 Å². The van der Waals surface area contributed by atoms with E-state index in [1.807, 2.05) is 48.5 Å². The highest BCUT2D eigenvalue weighted by Gasteiger charge is 2.22.